The molecular weight excluding hydrogens is 205 g/mol. The summed E-state index contributed by atoms with van der Waals surface area (Å²) in [5.41, 5.74) is 0. The van der Waals surface area contributed by atoms with Gasteiger partial charge >= 0.3 is 0 Å². The van der Waals surface area contributed by atoms with Crippen molar-refractivity contribution < 1.29 is 12.8 Å². The van der Waals surface area contributed by atoms with Crippen molar-refractivity contribution in [2.75, 3.05) is 12.8 Å². The second-order valence-corrected chi connectivity index (χ2v) is 6.79. The molecule has 1 saturated heterocycles. The predicted octanol–water partition coefficient (Wildman–Crippen LogP) is 0.510. The van der Waals surface area contributed by atoms with Crippen LogP contribution < -0.4 is 5.32 Å². The number of hydrogen-bond donors (Lipinski definition) is 1. The van der Waals surface area contributed by atoms with E-state index in [1.54, 1.807) is 0 Å². The number of nitrogens with one attached hydrogen (secondary N) is 1. The molecule has 2 rings (SSSR count). The molecular formula is C9H16FNO2S. The molecule has 1 aliphatic heterocycles. The van der Waals surface area contributed by atoms with Gasteiger partial charge in [-0.1, -0.05) is 0 Å². The summed E-state index contributed by atoms with van der Waals surface area (Å²) in [7, 11) is -3.07. The summed E-state index contributed by atoms with van der Waals surface area (Å²) in [5, 5.41) is 2.65. The van der Waals surface area contributed by atoms with Crippen LogP contribution in [-0.4, -0.2) is 38.7 Å². The van der Waals surface area contributed by atoms with E-state index in [1.807, 2.05) is 0 Å². The average Bonchev–Trinajstić information content (AvgIpc) is 2.50. The normalized spacial score (nSPS) is 43.6. The minimum absolute atomic E-state index is 0.0898. The maximum Gasteiger partial charge on any atom is 0.150 e. The molecule has 3 nitrogen and oxygen atoms in total. The van der Waals surface area contributed by atoms with E-state index in [9.17, 15) is 12.8 Å². The maximum atomic E-state index is 13.6. The van der Waals surface area contributed by atoms with E-state index in [-0.39, 0.29) is 18.4 Å². The molecule has 1 N–H and O–H groups in total. The van der Waals surface area contributed by atoms with Gasteiger partial charge in [0, 0.05) is 12.3 Å². The number of fused-ring (bicyclic) bond motifs is 1. The molecule has 4 unspecified atom stereocenters. The SMILES string of the molecule is CS(=O)(=O)C1CC(F)C2NCCC2C1. The van der Waals surface area contributed by atoms with Gasteiger partial charge in [0.15, 0.2) is 0 Å². The number of hydrogen-bond acceptors (Lipinski definition) is 3. The largest absolute Gasteiger partial charge is 0.311 e. The van der Waals surface area contributed by atoms with Crippen LogP contribution in [0.4, 0.5) is 4.39 Å². The molecule has 4 atom stereocenters. The third kappa shape index (κ3) is 1.80. The molecule has 0 spiro atoms. The van der Waals surface area contributed by atoms with E-state index in [2.05, 4.69) is 5.32 Å². The zero-order valence-electron chi connectivity index (χ0n) is 8.24. The van der Waals surface area contributed by atoms with Gasteiger partial charge in [-0.3, -0.25) is 0 Å². The smallest absolute Gasteiger partial charge is 0.150 e. The highest BCUT2D eigenvalue weighted by Gasteiger charge is 2.43. The van der Waals surface area contributed by atoms with Crippen molar-refractivity contribution in [2.45, 2.75) is 36.7 Å². The lowest BCUT2D eigenvalue weighted by Crippen LogP contribution is -2.45. The Hall–Kier alpha value is -0.160. The molecule has 5 heteroatoms. The van der Waals surface area contributed by atoms with Crippen LogP contribution in [0.15, 0.2) is 0 Å². The molecule has 0 aromatic heterocycles. The summed E-state index contributed by atoms with van der Waals surface area (Å²) < 4.78 is 36.3. The minimum atomic E-state index is -3.07. The van der Waals surface area contributed by atoms with Gasteiger partial charge in [-0.2, -0.15) is 0 Å². The fourth-order valence-corrected chi connectivity index (χ4v) is 3.78. The third-order valence-electron chi connectivity index (χ3n) is 3.45. The highest BCUT2D eigenvalue weighted by atomic mass is 32.2. The fraction of sp³-hybridized carbons (Fsp3) is 1.00. The van der Waals surface area contributed by atoms with Gasteiger partial charge in [0.1, 0.15) is 16.0 Å². The highest BCUT2D eigenvalue weighted by molar-refractivity contribution is 7.91. The van der Waals surface area contributed by atoms with Crippen LogP contribution in [0.2, 0.25) is 0 Å². The van der Waals surface area contributed by atoms with Crippen molar-refractivity contribution >= 4 is 9.84 Å². The summed E-state index contributed by atoms with van der Waals surface area (Å²) in [6.45, 7) is 0.826. The summed E-state index contributed by atoms with van der Waals surface area (Å²) in [6, 6.07) is -0.0898. The number of sulfone groups is 1. The van der Waals surface area contributed by atoms with E-state index in [4.69, 9.17) is 0 Å². The number of halogens is 1. The Bertz CT molecular complexity index is 317. The van der Waals surface area contributed by atoms with Gasteiger partial charge in [-0.25, -0.2) is 12.8 Å². The molecule has 0 aromatic carbocycles. The molecule has 1 saturated carbocycles. The van der Waals surface area contributed by atoms with E-state index in [0.29, 0.717) is 6.42 Å². The van der Waals surface area contributed by atoms with E-state index >= 15 is 0 Å². The zero-order valence-corrected chi connectivity index (χ0v) is 9.06. The van der Waals surface area contributed by atoms with Crippen LogP contribution in [-0.2, 0) is 9.84 Å². The fourth-order valence-electron chi connectivity index (χ4n) is 2.65. The van der Waals surface area contributed by atoms with E-state index < -0.39 is 21.3 Å². The molecule has 14 heavy (non-hydrogen) atoms. The molecule has 0 amide bonds. The van der Waals surface area contributed by atoms with Crippen LogP contribution >= 0.6 is 0 Å². The lowest BCUT2D eigenvalue weighted by Gasteiger charge is -2.33. The highest BCUT2D eigenvalue weighted by Crippen LogP contribution is 2.35. The molecule has 1 aliphatic carbocycles. The number of alkyl halides is 1. The minimum Gasteiger partial charge on any atom is -0.311 e. The van der Waals surface area contributed by atoms with E-state index in [0.717, 1.165) is 13.0 Å². The quantitative estimate of drug-likeness (QED) is 0.702. The Morgan fingerprint density at radius 2 is 2.07 bits per heavy atom. The second kappa shape index (κ2) is 3.45. The van der Waals surface area contributed by atoms with Gasteiger partial charge in [0.05, 0.1) is 5.25 Å². The first-order valence-electron chi connectivity index (χ1n) is 5.05. The number of rotatable bonds is 1. The summed E-state index contributed by atoms with van der Waals surface area (Å²) in [5.74, 6) is 0.221. The average molecular weight is 221 g/mol. The second-order valence-electron chi connectivity index (χ2n) is 4.47. The first kappa shape index (κ1) is 10.4. The molecule has 0 bridgehead atoms. The van der Waals surface area contributed by atoms with Crippen LogP contribution in [0.25, 0.3) is 0 Å². The van der Waals surface area contributed by atoms with Gasteiger partial charge in [0.25, 0.3) is 0 Å². The Morgan fingerprint density at radius 3 is 2.71 bits per heavy atom. The Morgan fingerprint density at radius 1 is 1.36 bits per heavy atom. The van der Waals surface area contributed by atoms with Crippen LogP contribution in [0.5, 0.6) is 0 Å². The van der Waals surface area contributed by atoms with Crippen LogP contribution in [0.3, 0.4) is 0 Å². The Labute approximate surface area is 84.0 Å². The van der Waals surface area contributed by atoms with Crippen molar-refractivity contribution in [3.05, 3.63) is 0 Å². The summed E-state index contributed by atoms with van der Waals surface area (Å²) in [4.78, 5) is 0. The monoisotopic (exact) mass is 221 g/mol. The van der Waals surface area contributed by atoms with Crippen molar-refractivity contribution in [3.8, 4) is 0 Å². The summed E-state index contributed by atoms with van der Waals surface area (Å²) >= 11 is 0. The predicted molar refractivity (Wildman–Crippen MR) is 52.7 cm³/mol. The van der Waals surface area contributed by atoms with Crippen LogP contribution in [0.1, 0.15) is 19.3 Å². The third-order valence-corrected chi connectivity index (χ3v) is 5.05. The zero-order chi connectivity index (χ0) is 10.3. The van der Waals surface area contributed by atoms with Crippen molar-refractivity contribution in [1.29, 1.82) is 0 Å². The molecule has 0 radical (unpaired) electrons. The standard InChI is InChI=1S/C9H16FNO2S/c1-14(12,13)7-4-6-2-3-11-9(6)8(10)5-7/h6-9,11H,2-5H2,1H3. The lowest BCUT2D eigenvalue weighted by molar-refractivity contribution is 0.169. The van der Waals surface area contributed by atoms with Gasteiger partial charge in [0.2, 0.25) is 0 Å². The van der Waals surface area contributed by atoms with Gasteiger partial charge < -0.3 is 5.32 Å². The van der Waals surface area contributed by atoms with E-state index in [1.165, 1.54) is 6.26 Å². The molecule has 2 fully saturated rings. The van der Waals surface area contributed by atoms with Crippen molar-refractivity contribution in [2.24, 2.45) is 5.92 Å². The van der Waals surface area contributed by atoms with Crippen LogP contribution in [0, 0.1) is 5.92 Å². The Kier molecular flexibility index (Phi) is 2.55. The molecule has 0 aromatic rings. The molecule has 2 aliphatic rings. The lowest BCUT2D eigenvalue weighted by atomic mass is 9.84. The first-order valence-corrected chi connectivity index (χ1v) is 7.00. The van der Waals surface area contributed by atoms with Gasteiger partial charge in [-0.15, -0.1) is 0 Å². The van der Waals surface area contributed by atoms with Crippen molar-refractivity contribution in [3.63, 3.8) is 0 Å². The van der Waals surface area contributed by atoms with Gasteiger partial charge in [-0.05, 0) is 31.7 Å². The van der Waals surface area contributed by atoms with Crippen molar-refractivity contribution in [1.82, 2.24) is 5.32 Å². The first-order chi connectivity index (χ1) is 6.48. The Balaban J connectivity index is 2.13. The molecule has 82 valence electrons. The molecule has 1 heterocycles. The summed E-state index contributed by atoms with van der Waals surface area (Å²) in [6.07, 6.45) is 1.95. The topological polar surface area (TPSA) is 46.2 Å². The maximum absolute atomic E-state index is 13.6.